The molecule has 0 saturated heterocycles. The van der Waals surface area contributed by atoms with Crippen molar-refractivity contribution in [1.82, 2.24) is 0 Å². The Morgan fingerprint density at radius 1 is 0.778 bits per heavy atom. The molecule has 27 heavy (non-hydrogen) atoms. The van der Waals surface area contributed by atoms with E-state index in [4.69, 9.17) is 4.42 Å². The Morgan fingerprint density at radius 3 is 1.56 bits per heavy atom. The number of halogens is 12. The Balaban J connectivity index is 3.10. The summed E-state index contributed by atoms with van der Waals surface area (Å²) in [5.74, 6) is -2.35. The molecule has 0 atom stereocenters. The van der Waals surface area contributed by atoms with E-state index in [0.717, 1.165) is 6.92 Å². The minimum Gasteiger partial charge on any atom is -0.464 e. The zero-order valence-corrected chi connectivity index (χ0v) is 14.3. The van der Waals surface area contributed by atoms with Crippen LogP contribution in [0.4, 0.5) is 52.7 Å². The molecule has 0 fully saturated rings. The van der Waals surface area contributed by atoms with Crippen molar-refractivity contribution in [2.24, 2.45) is 0 Å². The van der Waals surface area contributed by atoms with Gasteiger partial charge in [-0.05, 0) is 13.0 Å². The number of alkyl halides is 12. The molecule has 0 N–H and O–H groups in total. The second kappa shape index (κ2) is 7.87. The van der Waals surface area contributed by atoms with E-state index >= 15 is 0 Å². The molecule has 0 aromatic carbocycles. The van der Waals surface area contributed by atoms with E-state index in [9.17, 15) is 52.7 Å². The van der Waals surface area contributed by atoms with E-state index in [1.807, 2.05) is 0 Å². The lowest BCUT2D eigenvalue weighted by Gasteiger charge is -2.23. The monoisotopic (exact) mass is 460 g/mol. The van der Waals surface area contributed by atoms with Gasteiger partial charge in [-0.1, -0.05) is 0 Å². The van der Waals surface area contributed by atoms with Crippen LogP contribution in [0.25, 0.3) is 0 Å². The van der Waals surface area contributed by atoms with Crippen molar-refractivity contribution in [3.8, 4) is 0 Å². The standard InChI is InChI=1S/C12H8F12OS2/c1-4-2-6(27-8(11(19,20)21)12(22,23)24)5(25-4)3-26-7(9(13,14)15)10(16,17)18/h2,7-8H,3H2,1H3. The molecule has 1 nitrogen and oxygen atoms in total. The molecule has 0 aliphatic rings. The first-order chi connectivity index (χ1) is 11.8. The first kappa shape index (κ1) is 24.2. The van der Waals surface area contributed by atoms with Gasteiger partial charge in [0.05, 0.1) is 10.6 Å². The van der Waals surface area contributed by atoms with Gasteiger partial charge in [0.25, 0.3) is 0 Å². The van der Waals surface area contributed by atoms with Gasteiger partial charge in [0.15, 0.2) is 5.25 Å². The highest BCUT2D eigenvalue weighted by Crippen LogP contribution is 2.48. The van der Waals surface area contributed by atoms with Crippen molar-refractivity contribution in [2.75, 3.05) is 0 Å². The summed E-state index contributed by atoms with van der Waals surface area (Å²) in [5, 5.41) is -7.80. The van der Waals surface area contributed by atoms with Gasteiger partial charge < -0.3 is 4.42 Å². The lowest BCUT2D eigenvalue weighted by Crippen LogP contribution is -2.39. The molecule has 158 valence electrons. The van der Waals surface area contributed by atoms with E-state index in [-0.39, 0.29) is 5.76 Å². The van der Waals surface area contributed by atoms with Gasteiger partial charge in [0.2, 0.25) is 5.25 Å². The molecule has 0 spiro atoms. The average molecular weight is 460 g/mol. The summed E-state index contributed by atoms with van der Waals surface area (Å²) in [4.78, 5) is -0.845. The quantitative estimate of drug-likeness (QED) is 0.351. The molecule has 1 rings (SSSR count). The van der Waals surface area contributed by atoms with Crippen molar-refractivity contribution >= 4 is 23.5 Å². The molecule has 0 unspecified atom stereocenters. The van der Waals surface area contributed by atoms with Crippen LogP contribution in [0.15, 0.2) is 15.4 Å². The third-order valence-electron chi connectivity index (χ3n) is 2.71. The summed E-state index contributed by atoms with van der Waals surface area (Å²) >= 11 is -1.56. The predicted octanol–water partition coefficient (Wildman–Crippen LogP) is 6.90. The molecule has 0 aliphatic heterocycles. The van der Waals surface area contributed by atoms with Crippen LogP contribution in [0.1, 0.15) is 11.5 Å². The van der Waals surface area contributed by atoms with Gasteiger partial charge in [-0.2, -0.15) is 52.7 Å². The van der Waals surface area contributed by atoms with Gasteiger partial charge in [0.1, 0.15) is 11.5 Å². The fourth-order valence-corrected chi connectivity index (χ4v) is 3.72. The first-order valence-corrected chi connectivity index (χ1v) is 8.40. The lowest BCUT2D eigenvalue weighted by atomic mass is 10.4. The highest BCUT2D eigenvalue weighted by molar-refractivity contribution is 8.00. The van der Waals surface area contributed by atoms with Crippen LogP contribution in [0.3, 0.4) is 0 Å². The molecular weight excluding hydrogens is 452 g/mol. The maximum atomic E-state index is 12.6. The van der Waals surface area contributed by atoms with Gasteiger partial charge in [0, 0.05) is 0 Å². The molecule has 15 heteroatoms. The largest absolute Gasteiger partial charge is 0.464 e. The van der Waals surface area contributed by atoms with Crippen LogP contribution in [0.5, 0.6) is 0 Å². The van der Waals surface area contributed by atoms with Crippen molar-refractivity contribution in [3.63, 3.8) is 0 Å². The topological polar surface area (TPSA) is 13.1 Å². The highest BCUT2D eigenvalue weighted by Gasteiger charge is 2.58. The fourth-order valence-electron chi connectivity index (χ4n) is 1.72. The van der Waals surface area contributed by atoms with E-state index in [0.29, 0.717) is 6.07 Å². The van der Waals surface area contributed by atoms with Gasteiger partial charge in [-0.25, -0.2) is 0 Å². The van der Waals surface area contributed by atoms with E-state index in [2.05, 4.69) is 0 Å². The molecular formula is C12H8F12OS2. The molecule has 0 bridgehead atoms. The summed E-state index contributed by atoms with van der Waals surface area (Å²) in [5.41, 5.74) is 0. The van der Waals surface area contributed by atoms with Gasteiger partial charge in [-0.3, -0.25) is 0 Å². The lowest BCUT2D eigenvalue weighted by molar-refractivity contribution is -0.225. The summed E-state index contributed by atoms with van der Waals surface area (Å²) in [6, 6.07) is 0.682. The number of rotatable bonds is 5. The minimum absolute atomic E-state index is 0.272. The number of hydrogen-bond donors (Lipinski definition) is 0. The molecule has 0 radical (unpaired) electrons. The first-order valence-electron chi connectivity index (χ1n) is 6.48. The zero-order chi connectivity index (χ0) is 21.4. The van der Waals surface area contributed by atoms with Crippen molar-refractivity contribution in [2.45, 2.75) is 52.8 Å². The van der Waals surface area contributed by atoms with Crippen molar-refractivity contribution in [3.05, 3.63) is 17.6 Å². The molecule has 0 aliphatic carbocycles. The maximum absolute atomic E-state index is 12.6. The molecule has 0 saturated carbocycles. The Bertz CT molecular complexity index is 596. The number of thioether (sulfide) groups is 2. The zero-order valence-electron chi connectivity index (χ0n) is 12.7. The van der Waals surface area contributed by atoms with Crippen LogP contribution in [0.2, 0.25) is 0 Å². The number of furan rings is 1. The van der Waals surface area contributed by atoms with Gasteiger partial charge >= 0.3 is 24.7 Å². The molecule has 0 amide bonds. The molecule has 1 aromatic rings. The molecule has 1 heterocycles. The summed E-state index contributed by atoms with van der Waals surface area (Å²) in [6.07, 6.45) is -22.9. The second-order valence-corrected chi connectivity index (χ2v) is 7.24. The van der Waals surface area contributed by atoms with Crippen LogP contribution in [-0.4, -0.2) is 35.2 Å². The van der Waals surface area contributed by atoms with E-state index in [1.165, 1.54) is 0 Å². The second-order valence-electron chi connectivity index (χ2n) is 5.00. The summed E-state index contributed by atoms with van der Waals surface area (Å²) in [7, 11) is 0. The van der Waals surface area contributed by atoms with E-state index in [1.54, 1.807) is 0 Å². The molecule has 1 aromatic heterocycles. The highest BCUT2D eigenvalue weighted by atomic mass is 32.2. The number of aryl methyl sites for hydroxylation is 1. The maximum Gasteiger partial charge on any atom is 0.409 e. The smallest absolute Gasteiger partial charge is 0.409 e. The number of hydrogen-bond acceptors (Lipinski definition) is 3. The SMILES string of the molecule is Cc1cc(SC(C(F)(F)F)C(F)(F)F)c(CSC(C(F)(F)F)C(F)(F)F)o1. The van der Waals surface area contributed by atoms with E-state index < -0.39 is 75.1 Å². The Hall–Kier alpha value is -0.860. The Morgan fingerprint density at radius 2 is 1.19 bits per heavy atom. The third kappa shape index (κ3) is 6.91. The predicted molar refractivity (Wildman–Crippen MR) is 72.4 cm³/mol. The van der Waals surface area contributed by atoms with Crippen molar-refractivity contribution < 1.29 is 57.1 Å². The van der Waals surface area contributed by atoms with Crippen LogP contribution in [-0.2, 0) is 5.75 Å². The van der Waals surface area contributed by atoms with Crippen molar-refractivity contribution in [1.29, 1.82) is 0 Å². The fraction of sp³-hybridized carbons (Fsp3) is 0.667. The average Bonchev–Trinajstić information content (AvgIpc) is 2.70. The Labute approximate surface area is 151 Å². The normalized spacial score (nSPS) is 14.5. The van der Waals surface area contributed by atoms with Crippen LogP contribution in [0, 0.1) is 6.92 Å². The van der Waals surface area contributed by atoms with Crippen LogP contribution < -0.4 is 0 Å². The Kier molecular flexibility index (Phi) is 7.05. The van der Waals surface area contributed by atoms with Gasteiger partial charge in [-0.15, -0.1) is 23.5 Å². The summed E-state index contributed by atoms with van der Waals surface area (Å²) < 4.78 is 155. The van der Waals surface area contributed by atoms with Crippen LogP contribution >= 0.6 is 23.5 Å². The third-order valence-corrected chi connectivity index (χ3v) is 5.37. The summed E-state index contributed by atoms with van der Waals surface area (Å²) in [6.45, 7) is 1.07. The minimum atomic E-state index is -5.75.